The highest BCUT2D eigenvalue weighted by molar-refractivity contribution is 8.04. The molecule has 98 valence electrons. The predicted molar refractivity (Wildman–Crippen MR) is 81.1 cm³/mol. The molecular formula is C15H26S2. The standard InChI is InChI=1S/C15H26S2/c1-11-7-8-14(16-11)15-10-9-13(17-15)12-5-3-2-4-6-12/h11-15H,2-10H2,1H3. The van der Waals surface area contributed by atoms with E-state index >= 15 is 0 Å². The SMILES string of the molecule is CC1CCC(C2CCC(C3CCCCC3)S2)S1. The highest BCUT2D eigenvalue weighted by atomic mass is 32.2. The smallest absolute Gasteiger partial charge is 0.0169 e. The maximum Gasteiger partial charge on any atom is 0.0169 e. The van der Waals surface area contributed by atoms with Gasteiger partial charge in [-0.05, 0) is 44.4 Å². The lowest BCUT2D eigenvalue weighted by molar-refractivity contribution is 0.344. The highest BCUT2D eigenvalue weighted by Crippen LogP contribution is 2.49. The van der Waals surface area contributed by atoms with Crippen LogP contribution >= 0.6 is 23.5 Å². The molecule has 3 aliphatic rings. The Bertz CT molecular complexity index is 237. The van der Waals surface area contributed by atoms with E-state index in [9.17, 15) is 0 Å². The van der Waals surface area contributed by atoms with Crippen LogP contribution in [0.25, 0.3) is 0 Å². The molecule has 3 rings (SSSR count). The van der Waals surface area contributed by atoms with Gasteiger partial charge in [0.2, 0.25) is 0 Å². The zero-order valence-electron chi connectivity index (χ0n) is 11.1. The summed E-state index contributed by atoms with van der Waals surface area (Å²) in [5.41, 5.74) is 0. The molecule has 3 fully saturated rings. The fourth-order valence-corrected chi connectivity index (χ4v) is 7.56. The number of rotatable bonds is 2. The second-order valence-electron chi connectivity index (χ2n) is 6.25. The molecule has 0 amide bonds. The van der Waals surface area contributed by atoms with Crippen LogP contribution in [0.3, 0.4) is 0 Å². The molecule has 2 heteroatoms. The van der Waals surface area contributed by atoms with E-state index in [1.165, 1.54) is 44.9 Å². The van der Waals surface area contributed by atoms with Gasteiger partial charge in [-0.25, -0.2) is 0 Å². The van der Waals surface area contributed by atoms with Crippen molar-refractivity contribution in [1.82, 2.24) is 0 Å². The van der Waals surface area contributed by atoms with Crippen molar-refractivity contribution in [3.8, 4) is 0 Å². The molecular weight excluding hydrogens is 244 g/mol. The molecule has 2 aliphatic heterocycles. The molecule has 0 spiro atoms. The third-order valence-corrected chi connectivity index (χ3v) is 8.61. The van der Waals surface area contributed by atoms with Crippen LogP contribution in [0, 0.1) is 5.92 Å². The quantitative estimate of drug-likeness (QED) is 0.683. The van der Waals surface area contributed by atoms with Gasteiger partial charge in [0.25, 0.3) is 0 Å². The van der Waals surface area contributed by atoms with Crippen LogP contribution < -0.4 is 0 Å². The van der Waals surface area contributed by atoms with Crippen molar-refractivity contribution in [3.63, 3.8) is 0 Å². The van der Waals surface area contributed by atoms with E-state index in [2.05, 4.69) is 30.4 Å². The lowest BCUT2D eigenvalue weighted by atomic mass is 9.85. The van der Waals surface area contributed by atoms with Gasteiger partial charge >= 0.3 is 0 Å². The molecule has 0 N–H and O–H groups in total. The van der Waals surface area contributed by atoms with Crippen molar-refractivity contribution in [2.45, 2.75) is 85.7 Å². The molecule has 4 atom stereocenters. The second-order valence-corrected chi connectivity index (χ2v) is 9.42. The first-order valence-electron chi connectivity index (χ1n) is 7.64. The molecule has 2 saturated heterocycles. The van der Waals surface area contributed by atoms with E-state index in [0.29, 0.717) is 0 Å². The van der Waals surface area contributed by atoms with Crippen molar-refractivity contribution in [2.75, 3.05) is 0 Å². The predicted octanol–water partition coefficient (Wildman–Crippen LogP) is 5.12. The molecule has 0 bridgehead atoms. The fourth-order valence-electron chi connectivity index (χ4n) is 3.92. The van der Waals surface area contributed by atoms with Gasteiger partial charge in [0.05, 0.1) is 0 Å². The maximum atomic E-state index is 2.42. The van der Waals surface area contributed by atoms with Gasteiger partial charge in [0.1, 0.15) is 0 Å². The molecule has 0 aromatic heterocycles. The topological polar surface area (TPSA) is 0 Å². The zero-order valence-corrected chi connectivity index (χ0v) is 12.7. The normalized spacial score (nSPS) is 44.3. The summed E-state index contributed by atoms with van der Waals surface area (Å²) in [6.45, 7) is 2.42. The largest absolute Gasteiger partial charge is 0.154 e. The number of hydrogen-bond donors (Lipinski definition) is 0. The zero-order chi connectivity index (χ0) is 11.7. The van der Waals surface area contributed by atoms with Gasteiger partial charge < -0.3 is 0 Å². The molecule has 0 aromatic rings. The Morgan fingerprint density at radius 2 is 1.29 bits per heavy atom. The first-order valence-corrected chi connectivity index (χ1v) is 9.52. The molecule has 1 saturated carbocycles. The van der Waals surface area contributed by atoms with Crippen LogP contribution in [0.5, 0.6) is 0 Å². The average Bonchev–Trinajstić information content (AvgIpc) is 2.98. The molecule has 0 aromatic carbocycles. The van der Waals surface area contributed by atoms with Crippen molar-refractivity contribution in [1.29, 1.82) is 0 Å². The summed E-state index contributed by atoms with van der Waals surface area (Å²) in [7, 11) is 0. The van der Waals surface area contributed by atoms with Crippen LogP contribution in [0.2, 0.25) is 0 Å². The van der Waals surface area contributed by atoms with Crippen molar-refractivity contribution < 1.29 is 0 Å². The van der Waals surface area contributed by atoms with E-state index < -0.39 is 0 Å². The minimum atomic E-state index is 0.939. The van der Waals surface area contributed by atoms with Crippen LogP contribution in [0.4, 0.5) is 0 Å². The Morgan fingerprint density at radius 1 is 0.647 bits per heavy atom. The maximum absolute atomic E-state index is 2.42. The van der Waals surface area contributed by atoms with E-state index in [-0.39, 0.29) is 0 Å². The minimum absolute atomic E-state index is 0.939. The first-order chi connectivity index (χ1) is 8.33. The minimum Gasteiger partial charge on any atom is -0.154 e. The number of thioether (sulfide) groups is 2. The van der Waals surface area contributed by atoms with Crippen LogP contribution in [-0.4, -0.2) is 21.0 Å². The van der Waals surface area contributed by atoms with Crippen molar-refractivity contribution in [3.05, 3.63) is 0 Å². The molecule has 4 unspecified atom stereocenters. The molecule has 0 nitrogen and oxygen atoms in total. The number of hydrogen-bond acceptors (Lipinski definition) is 2. The van der Waals surface area contributed by atoms with Crippen molar-refractivity contribution in [2.24, 2.45) is 5.92 Å². The van der Waals surface area contributed by atoms with Gasteiger partial charge in [-0.15, -0.1) is 0 Å². The van der Waals surface area contributed by atoms with Gasteiger partial charge in [-0.3, -0.25) is 0 Å². The Balaban J connectivity index is 1.51. The van der Waals surface area contributed by atoms with Gasteiger partial charge in [0, 0.05) is 21.0 Å². The Kier molecular flexibility index (Phi) is 4.32. The summed E-state index contributed by atoms with van der Waals surface area (Å²) in [4.78, 5) is 0. The average molecular weight is 271 g/mol. The monoisotopic (exact) mass is 270 g/mol. The lowest BCUT2D eigenvalue weighted by Gasteiger charge is -2.27. The van der Waals surface area contributed by atoms with E-state index in [1.54, 1.807) is 12.8 Å². The Morgan fingerprint density at radius 3 is 2.00 bits per heavy atom. The molecule has 1 aliphatic carbocycles. The summed E-state index contributed by atoms with van der Waals surface area (Å²) in [6, 6.07) is 0. The highest BCUT2D eigenvalue weighted by Gasteiger charge is 2.38. The summed E-state index contributed by atoms with van der Waals surface area (Å²) < 4.78 is 0. The third kappa shape index (κ3) is 3.00. The van der Waals surface area contributed by atoms with Gasteiger partial charge in [-0.1, -0.05) is 26.2 Å². The third-order valence-electron chi connectivity index (χ3n) is 4.94. The van der Waals surface area contributed by atoms with Crippen LogP contribution in [0.15, 0.2) is 0 Å². The van der Waals surface area contributed by atoms with Gasteiger partial charge in [0.15, 0.2) is 0 Å². The second kappa shape index (κ2) is 5.77. The van der Waals surface area contributed by atoms with E-state index in [4.69, 9.17) is 0 Å². The summed E-state index contributed by atoms with van der Waals surface area (Å²) >= 11 is 4.69. The van der Waals surface area contributed by atoms with Crippen LogP contribution in [0.1, 0.15) is 64.7 Å². The molecule has 2 heterocycles. The summed E-state index contributed by atoms with van der Waals surface area (Å²) in [6.07, 6.45) is 13.6. The fraction of sp³-hybridized carbons (Fsp3) is 1.00. The summed E-state index contributed by atoms with van der Waals surface area (Å²) in [5.74, 6) is 1.09. The van der Waals surface area contributed by atoms with Crippen LogP contribution in [-0.2, 0) is 0 Å². The Labute approximate surface area is 115 Å². The van der Waals surface area contributed by atoms with Gasteiger partial charge in [-0.2, -0.15) is 23.5 Å². The lowest BCUT2D eigenvalue weighted by Crippen LogP contribution is -2.19. The first kappa shape index (κ1) is 12.7. The molecule has 17 heavy (non-hydrogen) atoms. The Hall–Kier alpha value is 0.700. The molecule has 0 radical (unpaired) electrons. The summed E-state index contributed by atoms with van der Waals surface area (Å²) in [5, 5.41) is 3.99. The van der Waals surface area contributed by atoms with E-state index in [0.717, 1.165) is 26.9 Å². The van der Waals surface area contributed by atoms with E-state index in [1.807, 2.05) is 0 Å². The van der Waals surface area contributed by atoms with Crippen molar-refractivity contribution >= 4 is 23.5 Å².